The van der Waals surface area contributed by atoms with E-state index in [0.717, 1.165) is 5.56 Å². The Morgan fingerprint density at radius 3 is 2.56 bits per heavy atom. The zero-order valence-electron chi connectivity index (χ0n) is 27.1. The monoisotopic (exact) mass is 682 g/mol. The van der Waals surface area contributed by atoms with Gasteiger partial charge in [0.1, 0.15) is 29.6 Å². The molecule has 2 bridgehead atoms. The van der Waals surface area contributed by atoms with E-state index in [1.807, 2.05) is 37.3 Å². The molecular formula is C32H39N6O9P. The highest BCUT2D eigenvalue weighted by Gasteiger charge is 2.64. The molecule has 15 nitrogen and oxygen atoms in total. The fraction of sp³-hybridized carbons (Fsp3) is 0.438. The van der Waals surface area contributed by atoms with E-state index in [1.165, 1.54) is 6.92 Å². The topological polar surface area (TPSA) is 180 Å². The van der Waals surface area contributed by atoms with Crippen LogP contribution in [0, 0.1) is 0 Å². The van der Waals surface area contributed by atoms with Crippen molar-refractivity contribution < 1.29 is 42.1 Å². The summed E-state index contributed by atoms with van der Waals surface area (Å²) in [6, 6.07) is 17.1. The maximum Gasteiger partial charge on any atom is 0.459 e. The number of esters is 1. The van der Waals surface area contributed by atoms with Crippen LogP contribution >= 0.6 is 7.75 Å². The number of nitrogens with two attached hydrogens (primary N) is 1. The van der Waals surface area contributed by atoms with Gasteiger partial charge in [-0.05, 0) is 45.4 Å². The van der Waals surface area contributed by atoms with Crippen LogP contribution in [-0.2, 0) is 39.4 Å². The number of para-hydroxylation sites is 1. The summed E-state index contributed by atoms with van der Waals surface area (Å²) in [5, 5.41) is 2.73. The van der Waals surface area contributed by atoms with E-state index in [2.05, 4.69) is 20.0 Å². The third kappa shape index (κ3) is 7.16. The molecule has 0 spiro atoms. The smallest absolute Gasteiger partial charge is 0.459 e. The molecule has 2 aromatic heterocycles. The van der Waals surface area contributed by atoms with Crippen LogP contribution in [0.5, 0.6) is 11.6 Å². The second-order valence-electron chi connectivity index (χ2n) is 11.7. The molecule has 0 aliphatic carbocycles. The van der Waals surface area contributed by atoms with Gasteiger partial charge in [-0.1, -0.05) is 48.5 Å². The molecule has 0 saturated carbocycles. The number of carbonyl (C=O) groups is 1. The van der Waals surface area contributed by atoms with Gasteiger partial charge in [0.2, 0.25) is 11.8 Å². The van der Waals surface area contributed by atoms with Crippen molar-refractivity contribution in [3.8, 4) is 11.6 Å². The number of benzene rings is 2. The average molecular weight is 683 g/mol. The lowest BCUT2D eigenvalue weighted by Crippen LogP contribution is -2.47. The zero-order chi connectivity index (χ0) is 33.9. The van der Waals surface area contributed by atoms with Crippen molar-refractivity contribution in [2.24, 2.45) is 0 Å². The van der Waals surface area contributed by atoms with E-state index in [1.54, 1.807) is 55.1 Å². The summed E-state index contributed by atoms with van der Waals surface area (Å²) in [4.78, 5) is 25.8. The number of aromatic nitrogens is 4. The van der Waals surface area contributed by atoms with Crippen LogP contribution < -0.4 is 20.1 Å². The molecule has 3 N–H and O–H groups in total. The number of nitrogens with zero attached hydrogens (tertiary/aromatic N) is 4. The second kappa shape index (κ2) is 14.2. The summed E-state index contributed by atoms with van der Waals surface area (Å²) >= 11 is 0. The average Bonchev–Trinajstić information content (AvgIpc) is 3.73. The molecular weight excluding hydrogens is 643 g/mol. The van der Waals surface area contributed by atoms with E-state index < -0.39 is 43.8 Å². The van der Waals surface area contributed by atoms with Crippen molar-refractivity contribution in [1.82, 2.24) is 24.6 Å². The molecule has 2 aliphatic heterocycles. The van der Waals surface area contributed by atoms with Crippen molar-refractivity contribution in [3.63, 3.8) is 0 Å². The summed E-state index contributed by atoms with van der Waals surface area (Å²) in [6.07, 6.45) is -0.965. The van der Waals surface area contributed by atoms with Crippen LogP contribution in [-0.4, -0.2) is 75.3 Å². The number of anilines is 1. The van der Waals surface area contributed by atoms with Crippen LogP contribution in [0.2, 0.25) is 0 Å². The molecule has 4 heterocycles. The van der Waals surface area contributed by atoms with Gasteiger partial charge in [-0.25, -0.2) is 9.55 Å². The number of carbonyl (C=O) groups excluding carboxylic acids is 1. The predicted octanol–water partition coefficient (Wildman–Crippen LogP) is 4.19. The highest BCUT2D eigenvalue weighted by Crippen LogP contribution is 2.52. The Kier molecular flexibility index (Phi) is 9.97. The fourth-order valence-electron chi connectivity index (χ4n) is 5.59. The van der Waals surface area contributed by atoms with E-state index >= 15 is 0 Å². The van der Waals surface area contributed by atoms with Crippen molar-refractivity contribution in [2.45, 2.75) is 70.5 Å². The molecule has 0 amide bonds. The van der Waals surface area contributed by atoms with Gasteiger partial charge in [-0.3, -0.25) is 13.9 Å². The molecule has 6 atom stereocenters. The highest BCUT2D eigenvalue weighted by atomic mass is 31.2. The Morgan fingerprint density at radius 1 is 1.12 bits per heavy atom. The molecule has 2 aromatic carbocycles. The van der Waals surface area contributed by atoms with Crippen molar-refractivity contribution in [3.05, 3.63) is 72.6 Å². The summed E-state index contributed by atoms with van der Waals surface area (Å²) < 4.78 is 58.5. The Hall–Kier alpha value is -4.11. The largest absolute Gasteiger partial charge is 0.476 e. The summed E-state index contributed by atoms with van der Waals surface area (Å²) in [6.45, 7) is 7.15. The Balaban J connectivity index is 1.31. The number of imidazole rings is 1. The van der Waals surface area contributed by atoms with Gasteiger partial charge in [-0.2, -0.15) is 15.1 Å². The molecule has 4 aromatic rings. The van der Waals surface area contributed by atoms with E-state index in [4.69, 9.17) is 38.5 Å². The first-order valence-corrected chi connectivity index (χ1v) is 17.2. The van der Waals surface area contributed by atoms with Crippen molar-refractivity contribution in [1.29, 1.82) is 0 Å². The predicted molar refractivity (Wildman–Crippen MR) is 173 cm³/mol. The highest BCUT2D eigenvalue weighted by molar-refractivity contribution is 7.52. The van der Waals surface area contributed by atoms with Gasteiger partial charge < -0.3 is 33.9 Å². The van der Waals surface area contributed by atoms with Crippen molar-refractivity contribution in [2.75, 3.05) is 25.6 Å². The normalized spacial score (nSPS) is 23.6. The Bertz CT molecular complexity index is 1760. The Morgan fingerprint density at radius 2 is 1.85 bits per heavy atom. The third-order valence-electron chi connectivity index (χ3n) is 7.71. The number of ether oxygens (including phenoxy) is 5. The van der Waals surface area contributed by atoms with Crippen molar-refractivity contribution >= 4 is 30.8 Å². The molecule has 2 fully saturated rings. The van der Waals surface area contributed by atoms with Crippen LogP contribution in [0.25, 0.3) is 11.2 Å². The second-order valence-corrected chi connectivity index (χ2v) is 13.4. The third-order valence-corrected chi connectivity index (χ3v) is 9.34. The first-order valence-electron chi connectivity index (χ1n) is 15.6. The maximum atomic E-state index is 14.4. The van der Waals surface area contributed by atoms with E-state index in [0.29, 0.717) is 17.8 Å². The Labute approximate surface area is 277 Å². The lowest BCUT2D eigenvalue weighted by Gasteiger charge is -2.33. The summed E-state index contributed by atoms with van der Waals surface area (Å²) in [5.74, 6) is -0.103. The number of hydrogen-bond acceptors (Lipinski definition) is 13. The lowest BCUT2D eigenvalue weighted by molar-refractivity contribution is -0.184. The number of rotatable bonds is 15. The number of hydrogen-bond donors (Lipinski definition) is 2. The summed E-state index contributed by atoms with van der Waals surface area (Å²) in [7, 11) is -4.24. The number of nitrogen functional groups attached to an aromatic ring is 1. The molecule has 1 unspecified atom stereocenters. The van der Waals surface area contributed by atoms with E-state index in [9.17, 15) is 9.36 Å². The quantitative estimate of drug-likeness (QED) is 0.135. The summed E-state index contributed by atoms with van der Waals surface area (Å²) in [5.41, 5.74) is 6.47. The SMILES string of the molecule is CCOc1nc(N)nc2c1ncn2[C@H]1O[C@@]2(COP(=O)(N[C@H](C)C(=O)OC(C)C)Oc3ccccc3)CO[C@@H]1[C@@H]2OCc1ccccc1. The molecule has 2 saturated heterocycles. The maximum absolute atomic E-state index is 14.4. The van der Waals surface area contributed by atoms with Crippen LogP contribution in [0.1, 0.15) is 39.5 Å². The molecule has 6 rings (SSSR count). The molecule has 0 radical (unpaired) electrons. The van der Waals surface area contributed by atoms with Gasteiger partial charge in [0.05, 0.1) is 38.9 Å². The lowest BCUT2D eigenvalue weighted by atomic mass is 10.00. The molecule has 16 heteroatoms. The number of nitrogens with one attached hydrogen (secondary N) is 1. The van der Waals surface area contributed by atoms with Crippen LogP contribution in [0.4, 0.5) is 5.95 Å². The van der Waals surface area contributed by atoms with Gasteiger partial charge in [0.15, 0.2) is 17.4 Å². The standard InChI is InChI=1S/C32H39N6O9P/c1-5-41-28-24-27(35-31(33)36-28)38(19-34-24)29-25-26(42-16-22-12-8-6-9-13-22)32(46-29,17-43-25)18-44-48(40,47-23-14-10-7-11-15-23)37-21(4)30(39)45-20(2)3/h6-15,19-21,25-26,29H,5,16-18H2,1-4H3,(H,37,40)(H2,33,35,36)/t21-,25-,26+,29+,32-,48?/m1/s1. The van der Waals surface area contributed by atoms with Gasteiger partial charge >= 0.3 is 13.7 Å². The van der Waals surface area contributed by atoms with Gasteiger partial charge in [0.25, 0.3) is 0 Å². The minimum Gasteiger partial charge on any atom is -0.476 e. The molecule has 2 aliphatic rings. The van der Waals surface area contributed by atoms with Gasteiger partial charge in [-0.15, -0.1) is 0 Å². The van der Waals surface area contributed by atoms with Crippen LogP contribution in [0.3, 0.4) is 0 Å². The molecule has 256 valence electrons. The fourth-order valence-corrected chi connectivity index (χ4v) is 7.13. The molecule has 48 heavy (non-hydrogen) atoms. The first kappa shape index (κ1) is 33.8. The minimum atomic E-state index is -4.24. The first-order chi connectivity index (χ1) is 23.1. The van der Waals surface area contributed by atoms with Crippen LogP contribution in [0.15, 0.2) is 67.0 Å². The van der Waals surface area contributed by atoms with Gasteiger partial charge in [0, 0.05) is 0 Å². The van der Waals surface area contributed by atoms with E-state index in [-0.39, 0.29) is 43.5 Å². The minimum absolute atomic E-state index is 0.00175. The number of fused-ring (bicyclic) bond motifs is 3. The zero-order valence-corrected chi connectivity index (χ0v) is 27.9.